The molecule has 0 heterocycles. The molecule has 1 rings (SSSR count). The number of phenols is 1. The Morgan fingerprint density at radius 3 is 2.60 bits per heavy atom. The monoisotopic (exact) mass is 220 g/mol. The first-order chi connectivity index (χ1) is 4.61. The van der Waals surface area contributed by atoms with E-state index in [4.69, 9.17) is 16.7 Å². The Bertz CT molecular complexity index is 210. The van der Waals surface area contributed by atoms with Crippen molar-refractivity contribution in [2.45, 2.75) is 6.92 Å². The number of aryl methyl sites for hydroxylation is 1. The van der Waals surface area contributed by atoms with Crippen molar-refractivity contribution < 1.29 is 5.11 Å². The van der Waals surface area contributed by atoms with Gasteiger partial charge in [-0.1, -0.05) is 11.6 Å². The number of benzene rings is 1. The maximum atomic E-state index is 9.12. The lowest BCUT2D eigenvalue weighted by molar-refractivity contribution is 0.471. The van der Waals surface area contributed by atoms with E-state index in [0.717, 1.165) is 5.56 Å². The summed E-state index contributed by atoms with van der Waals surface area (Å²) in [6.45, 7) is 1.84. The van der Waals surface area contributed by atoms with Gasteiger partial charge in [0.1, 0.15) is 5.75 Å². The number of phenolic OH excluding ortho intramolecular Hbond substituents is 1. The van der Waals surface area contributed by atoms with Gasteiger partial charge in [0.25, 0.3) is 0 Å². The number of hydrogen-bond acceptors (Lipinski definition) is 1. The zero-order valence-electron chi connectivity index (χ0n) is 5.36. The molecule has 0 aliphatic carbocycles. The van der Waals surface area contributed by atoms with Crippen molar-refractivity contribution in [3.05, 3.63) is 27.2 Å². The first kappa shape index (κ1) is 7.89. The zero-order chi connectivity index (χ0) is 7.72. The van der Waals surface area contributed by atoms with Crippen molar-refractivity contribution in [3.8, 4) is 5.75 Å². The Balaban J connectivity index is 3.28. The van der Waals surface area contributed by atoms with Gasteiger partial charge < -0.3 is 5.11 Å². The quantitative estimate of drug-likeness (QED) is 0.714. The third-order valence-electron chi connectivity index (χ3n) is 1.23. The van der Waals surface area contributed by atoms with Gasteiger partial charge in [0.15, 0.2) is 0 Å². The lowest BCUT2D eigenvalue weighted by atomic mass is 10.2. The molecule has 0 atom stereocenters. The Labute approximate surface area is 72.8 Å². The van der Waals surface area contributed by atoms with E-state index in [2.05, 4.69) is 15.9 Å². The number of halogens is 2. The van der Waals surface area contributed by atoms with Gasteiger partial charge >= 0.3 is 0 Å². The molecular formula is C7H6BrClO. The Hall–Kier alpha value is -0.210. The molecule has 0 radical (unpaired) electrons. The van der Waals surface area contributed by atoms with Crippen LogP contribution in [-0.2, 0) is 0 Å². The summed E-state index contributed by atoms with van der Waals surface area (Å²) in [7, 11) is 0. The van der Waals surface area contributed by atoms with Gasteiger partial charge in [-0.25, -0.2) is 0 Å². The third-order valence-corrected chi connectivity index (χ3v) is 2.27. The highest BCUT2D eigenvalue weighted by atomic mass is 79.9. The second kappa shape index (κ2) is 2.81. The van der Waals surface area contributed by atoms with Crippen LogP contribution in [0.1, 0.15) is 5.56 Å². The lowest BCUT2D eigenvalue weighted by Gasteiger charge is -1.99. The summed E-state index contributed by atoms with van der Waals surface area (Å²) in [5.41, 5.74) is 0.877. The smallest absolute Gasteiger partial charge is 0.130 e. The molecule has 0 amide bonds. The van der Waals surface area contributed by atoms with Crippen molar-refractivity contribution in [2.75, 3.05) is 0 Å². The van der Waals surface area contributed by atoms with Gasteiger partial charge in [-0.2, -0.15) is 0 Å². The molecule has 0 aliphatic rings. The van der Waals surface area contributed by atoms with Crippen LogP contribution in [0.3, 0.4) is 0 Å². The SMILES string of the molecule is Cc1cc(O)c(Br)cc1Cl. The molecule has 0 spiro atoms. The minimum Gasteiger partial charge on any atom is -0.507 e. The summed E-state index contributed by atoms with van der Waals surface area (Å²) >= 11 is 8.89. The summed E-state index contributed by atoms with van der Waals surface area (Å²) in [6, 6.07) is 3.29. The minimum atomic E-state index is 0.224. The Kier molecular flexibility index (Phi) is 2.21. The first-order valence-electron chi connectivity index (χ1n) is 2.76. The number of hydrogen-bond donors (Lipinski definition) is 1. The highest BCUT2D eigenvalue weighted by Gasteiger charge is 2.00. The summed E-state index contributed by atoms with van der Waals surface area (Å²) in [5, 5.41) is 9.78. The van der Waals surface area contributed by atoms with Crippen LogP contribution < -0.4 is 0 Å². The van der Waals surface area contributed by atoms with Crippen molar-refractivity contribution in [1.82, 2.24) is 0 Å². The van der Waals surface area contributed by atoms with Gasteiger partial charge in [0.2, 0.25) is 0 Å². The van der Waals surface area contributed by atoms with E-state index in [0.29, 0.717) is 9.50 Å². The molecule has 1 aromatic carbocycles. The summed E-state index contributed by atoms with van der Waals surface area (Å²) < 4.78 is 0.628. The zero-order valence-corrected chi connectivity index (χ0v) is 7.70. The van der Waals surface area contributed by atoms with Gasteiger partial charge in [0, 0.05) is 5.02 Å². The molecule has 0 fully saturated rings. The van der Waals surface area contributed by atoms with Crippen LogP contribution in [0.5, 0.6) is 5.75 Å². The molecule has 0 bridgehead atoms. The van der Waals surface area contributed by atoms with Crippen LogP contribution in [-0.4, -0.2) is 5.11 Å². The van der Waals surface area contributed by atoms with Crippen LogP contribution >= 0.6 is 27.5 Å². The molecule has 0 unspecified atom stereocenters. The number of rotatable bonds is 0. The van der Waals surface area contributed by atoms with Gasteiger partial charge in [-0.05, 0) is 40.5 Å². The van der Waals surface area contributed by atoms with Crippen LogP contribution in [0, 0.1) is 6.92 Å². The molecule has 10 heavy (non-hydrogen) atoms. The third kappa shape index (κ3) is 1.44. The summed E-state index contributed by atoms with van der Waals surface area (Å²) in [6.07, 6.45) is 0. The maximum Gasteiger partial charge on any atom is 0.130 e. The molecule has 3 heteroatoms. The Morgan fingerprint density at radius 1 is 1.50 bits per heavy atom. The van der Waals surface area contributed by atoms with E-state index in [-0.39, 0.29) is 5.75 Å². The molecule has 0 saturated carbocycles. The van der Waals surface area contributed by atoms with E-state index in [1.54, 1.807) is 12.1 Å². The molecule has 0 saturated heterocycles. The predicted octanol–water partition coefficient (Wildman–Crippen LogP) is 3.12. The molecule has 0 aromatic heterocycles. The molecular weight excluding hydrogens is 215 g/mol. The standard InChI is InChI=1S/C7H6BrClO/c1-4-2-7(10)5(8)3-6(4)9/h2-3,10H,1H3. The lowest BCUT2D eigenvalue weighted by Crippen LogP contribution is -1.75. The minimum absolute atomic E-state index is 0.224. The molecule has 0 aliphatic heterocycles. The van der Waals surface area contributed by atoms with Crippen LogP contribution in [0.25, 0.3) is 0 Å². The van der Waals surface area contributed by atoms with E-state index < -0.39 is 0 Å². The van der Waals surface area contributed by atoms with Crippen molar-refractivity contribution >= 4 is 27.5 Å². The fourth-order valence-corrected chi connectivity index (χ4v) is 1.28. The van der Waals surface area contributed by atoms with Crippen molar-refractivity contribution in [1.29, 1.82) is 0 Å². The average molecular weight is 221 g/mol. The second-order valence-corrected chi connectivity index (χ2v) is 3.31. The van der Waals surface area contributed by atoms with E-state index in [9.17, 15) is 0 Å². The van der Waals surface area contributed by atoms with E-state index in [1.807, 2.05) is 6.92 Å². The molecule has 1 nitrogen and oxygen atoms in total. The highest BCUT2D eigenvalue weighted by Crippen LogP contribution is 2.29. The van der Waals surface area contributed by atoms with Crippen LogP contribution in [0.4, 0.5) is 0 Å². The van der Waals surface area contributed by atoms with Crippen molar-refractivity contribution in [3.63, 3.8) is 0 Å². The normalized spacial score (nSPS) is 9.90. The van der Waals surface area contributed by atoms with Gasteiger partial charge in [-0.15, -0.1) is 0 Å². The first-order valence-corrected chi connectivity index (χ1v) is 3.93. The van der Waals surface area contributed by atoms with Gasteiger partial charge in [-0.3, -0.25) is 0 Å². The topological polar surface area (TPSA) is 20.2 Å². The van der Waals surface area contributed by atoms with E-state index in [1.165, 1.54) is 0 Å². The predicted molar refractivity (Wildman–Crippen MR) is 45.6 cm³/mol. The maximum absolute atomic E-state index is 9.12. The summed E-state index contributed by atoms with van der Waals surface area (Å²) in [5.74, 6) is 0.224. The fourth-order valence-electron chi connectivity index (χ4n) is 0.642. The number of aromatic hydroxyl groups is 1. The summed E-state index contributed by atoms with van der Waals surface area (Å²) in [4.78, 5) is 0. The van der Waals surface area contributed by atoms with Crippen LogP contribution in [0.2, 0.25) is 5.02 Å². The highest BCUT2D eigenvalue weighted by molar-refractivity contribution is 9.10. The van der Waals surface area contributed by atoms with E-state index >= 15 is 0 Å². The largest absolute Gasteiger partial charge is 0.507 e. The molecule has 54 valence electrons. The second-order valence-electron chi connectivity index (χ2n) is 2.05. The molecule has 1 aromatic rings. The average Bonchev–Trinajstić information content (AvgIpc) is 1.84. The van der Waals surface area contributed by atoms with Crippen molar-refractivity contribution in [2.24, 2.45) is 0 Å². The van der Waals surface area contributed by atoms with Gasteiger partial charge in [0.05, 0.1) is 4.47 Å². The Morgan fingerprint density at radius 2 is 2.10 bits per heavy atom. The molecule has 1 N–H and O–H groups in total. The fraction of sp³-hybridized carbons (Fsp3) is 0.143. The van der Waals surface area contributed by atoms with Crippen LogP contribution in [0.15, 0.2) is 16.6 Å².